The average Bonchev–Trinajstić information content (AvgIpc) is 3.49. The summed E-state index contributed by atoms with van der Waals surface area (Å²) in [6.45, 7) is 0. The van der Waals surface area contributed by atoms with Gasteiger partial charge in [-0.15, -0.1) is 9.24 Å². The minimum atomic E-state index is 0.925. The number of fused-ring (bicyclic) bond motifs is 3. The smallest absolute Gasteiger partial charge is 0.142 e. The van der Waals surface area contributed by atoms with Gasteiger partial charge in [0.25, 0.3) is 0 Å². The summed E-state index contributed by atoms with van der Waals surface area (Å²) in [5.41, 5.74) is 11.9. The summed E-state index contributed by atoms with van der Waals surface area (Å²) in [5.74, 6) is 0.982. The van der Waals surface area contributed by atoms with Crippen molar-refractivity contribution in [1.29, 1.82) is 0 Å². The van der Waals surface area contributed by atoms with Crippen molar-refractivity contribution in [3.8, 4) is 33.5 Å². The molecule has 3 heterocycles. The molecule has 0 aliphatic heterocycles. The maximum atomic E-state index is 6.31. The van der Waals surface area contributed by atoms with Gasteiger partial charge in [-0.1, -0.05) is 78.9 Å². The molecule has 7 aromatic rings. The van der Waals surface area contributed by atoms with Gasteiger partial charge >= 0.3 is 0 Å². The van der Waals surface area contributed by atoms with Crippen LogP contribution in [0.3, 0.4) is 0 Å². The van der Waals surface area contributed by atoms with Gasteiger partial charge in [-0.05, 0) is 77.8 Å². The van der Waals surface area contributed by atoms with Crippen LogP contribution in [0.15, 0.2) is 144 Å². The monoisotopic (exact) mass is 599 g/mol. The first kappa shape index (κ1) is 27.3. The van der Waals surface area contributed by atoms with Gasteiger partial charge in [-0.25, -0.2) is 0 Å². The second kappa shape index (κ2) is 11.6. The molecule has 4 aromatic carbocycles. The van der Waals surface area contributed by atoms with Gasteiger partial charge in [0, 0.05) is 63.3 Å². The second-order valence-electron chi connectivity index (χ2n) is 11.2. The number of nitrogens with zero attached hydrogens (tertiary/aromatic N) is 3. The number of benzene rings is 4. The summed E-state index contributed by atoms with van der Waals surface area (Å²) < 4.78 is 6.31. The lowest BCUT2D eigenvalue weighted by atomic mass is 9.98. The lowest BCUT2D eigenvalue weighted by Gasteiger charge is -2.26. The SMILES string of the molecule is Pc1ccccc1-c1cccc(N(c2ccncc2)c2ccc(-c3ccc(-c4cccc5c6c(oc45)C=CCC6)cn3)cc2)c1. The molecule has 1 unspecified atom stereocenters. The third kappa shape index (κ3) is 5.14. The normalized spacial score (nSPS) is 12.3. The number of para-hydroxylation sites is 1. The summed E-state index contributed by atoms with van der Waals surface area (Å²) in [4.78, 5) is 11.4. The van der Waals surface area contributed by atoms with Crippen molar-refractivity contribution >= 4 is 48.7 Å². The number of hydrogen-bond donors (Lipinski definition) is 0. The van der Waals surface area contributed by atoms with Gasteiger partial charge in [-0.2, -0.15) is 0 Å². The molecule has 5 heteroatoms. The number of hydrogen-bond acceptors (Lipinski definition) is 4. The fourth-order valence-electron chi connectivity index (χ4n) is 6.24. The largest absolute Gasteiger partial charge is 0.456 e. The predicted molar refractivity (Wildman–Crippen MR) is 189 cm³/mol. The van der Waals surface area contributed by atoms with E-state index in [-0.39, 0.29) is 0 Å². The molecule has 1 aliphatic carbocycles. The van der Waals surface area contributed by atoms with Gasteiger partial charge in [0.1, 0.15) is 11.3 Å². The van der Waals surface area contributed by atoms with Crippen LogP contribution in [-0.4, -0.2) is 9.97 Å². The van der Waals surface area contributed by atoms with Crippen LogP contribution in [0.5, 0.6) is 0 Å². The van der Waals surface area contributed by atoms with E-state index in [2.05, 4.69) is 134 Å². The summed E-state index contributed by atoms with van der Waals surface area (Å²) in [5, 5.41) is 2.37. The Hall–Kier alpha value is -5.31. The van der Waals surface area contributed by atoms with Gasteiger partial charge in [0.15, 0.2) is 0 Å². The van der Waals surface area contributed by atoms with Crippen molar-refractivity contribution < 1.29 is 4.42 Å². The molecule has 0 amide bonds. The van der Waals surface area contributed by atoms with Crippen LogP contribution in [0, 0.1) is 0 Å². The van der Waals surface area contributed by atoms with E-state index in [1.54, 1.807) is 0 Å². The van der Waals surface area contributed by atoms with Crippen LogP contribution in [-0.2, 0) is 6.42 Å². The van der Waals surface area contributed by atoms with Crippen molar-refractivity contribution in [2.24, 2.45) is 0 Å². The fourth-order valence-corrected chi connectivity index (χ4v) is 6.62. The second-order valence-corrected chi connectivity index (χ2v) is 11.8. The lowest BCUT2D eigenvalue weighted by molar-refractivity contribution is 0.596. The molecule has 0 fully saturated rings. The minimum Gasteiger partial charge on any atom is -0.456 e. The summed E-state index contributed by atoms with van der Waals surface area (Å²) in [6, 6.07) is 40.4. The molecule has 0 spiro atoms. The Morgan fingerprint density at radius 3 is 2.27 bits per heavy atom. The molecule has 8 rings (SSSR count). The zero-order valence-corrected chi connectivity index (χ0v) is 25.8. The van der Waals surface area contributed by atoms with E-state index in [1.165, 1.54) is 27.4 Å². The lowest BCUT2D eigenvalue weighted by Crippen LogP contribution is -2.10. The topological polar surface area (TPSA) is 42.2 Å². The van der Waals surface area contributed by atoms with E-state index in [0.717, 1.165) is 63.6 Å². The Labute approximate surface area is 264 Å². The number of aryl methyl sites for hydroxylation is 1. The standard InChI is InChI=1S/C40H30N3OP/c45-39-14-4-2-9-33(39)28-7-5-8-32(25-28)43(31-21-23-41-24-22-31)30-18-15-27(16-19-30)37-20-17-29(26-42-37)34-11-6-12-36-35-10-1-3-13-38(35)44-40(34)36/h2-9,11-26H,1,10,45H2. The van der Waals surface area contributed by atoms with Gasteiger partial charge in [0.2, 0.25) is 0 Å². The maximum absolute atomic E-state index is 6.31. The van der Waals surface area contributed by atoms with E-state index in [4.69, 9.17) is 9.40 Å². The quantitative estimate of drug-likeness (QED) is 0.178. The van der Waals surface area contributed by atoms with Crippen molar-refractivity contribution in [2.45, 2.75) is 12.8 Å². The number of aromatic nitrogens is 2. The maximum Gasteiger partial charge on any atom is 0.142 e. The first-order chi connectivity index (χ1) is 22.2. The Bertz CT molecular complexity index is 2170. The third-order valence-electron chi connectivity index (χ3n) is 8.47. The van der Waals surface area contributed by atoms with E-state index in [9.17, 15) is 0 Å². The summed E-state index contributed by atoms with van der Waals surface area (Å²) in [6.07, 6.45) is 12.0. The molecule has 0 saturated heterocycles. The zero-order valence-electron chi connectivity index (χ0n) is 24.6. The average molecular weight is 600 g/mol. The highest BCUT2D eigenvalue weighted by Gasteiger charge is 2.18. The van der Waals surface area contributed by atoms with Crippen LogP contribution < -0.4 is 10.2 Å². The Balaban J connectivity index is 1.12. The molecule has 1 aliphatic rings. The molecule has 0 radical (unpaired) electrons. The first-order valence-electron chi connectivity index (χ1n) is 15.2. The fraction of sp³-hybridized carbons (Fsp3) is 0.0500. The van der Waals surface area contributed by atoms with Crippen LogP contribution in [0.25, 0.3) is 50.6 Å². The number of allylic oxidation sites excluding steroid dienone is 1. The molecular weight excluding hydrogens is 569 g/mol. The predicted octanol–water partition coefficient (Wildman–Crippen LogP) is 10.2. The Kier molecular flexibility index (Phi) is 7.05. The van der Waals surface area contributed by atoms with E-state index in [0.29, 0.717) is 0 Å². The number of anilines is 3. The van der Waals surface area contributed by atoms with Crippen molar-refractivity contribution in [3.63, 3.8) is 0 Å². The third-order valence-corrected chi connectivity index (χ3v) is 8.98. The van der Waals surface area contributed by atoms with Crippen molar-refractivity contribution in [2.75, 3.05) is 4.90 Å². The van der Waals surface area contributed by atoms with Crippen LogP contribution in [0.1, 0.15) is 17.7 Å². The van der Waals surface area contributed by atoms with Crippen molar-refractivity contribution in [1.82, 2.24) is 9.97 Å². The summed E-state index contributed by atoms with van der Waals surface area (Å²) >= 11 is 0. The number of rotatable bonds is 6. The minimum absolute atomic E-state index is 0.925. The number of pyridine rings is 2. The highest BCUT2D eigenvalue weighted by atomic mass is 31.0. The van der Waals surface area contributed by atoms with Gasteiger partial charge < -0.3 is 9.32 Å². The molecule has 0 saturated carbocycles. The highest BCUT2D eigenvalue weighted by Crippen LogP contribution is 2.39. The molecule has 1 atom stereocenters. The van der Waals surface area contributed by atoms with Crippen LogP contribution in [0.2, 0.25) is 0 Å². The molecule has 45 heavy (non-hydrogen) atoms. The zero-order chi connectivity index (χ0) is 30.2. The molecule has 0 N–H and O–H groups in total. The summed E-state index contributed by atoms with van der Waals surface area (Å²) in [7, 11) is 2.85. The molecular formula is C40H30N3OP. The molecule has 216 valence electrons. The van der Waals surface area contributed by atoms with Gasteiger partial charge in [0.05, 0.1) is 5.69 Å². The van der Waals surface area contributed by atoms with Crippen LogP contribution in [0.4, 0.5) is 17.1 Å². The molecule has 4 nitrogen and oxygen atoms in total. The Morgan fingerprint density at radius 2 is 1.44 bits per heavy atom. The van der Waals surface area contributed by atoms with E-state index >= 15 is 0 Å². The highest BCUT2D eigenvalue weighted by molar-refractivity contribution is 7.28. The number of furan rings is 1. The van der Waals surface area contributed by atoms with E-state index < -0.39 is 0 Å². The molecule has 3 aromatic heterocycles. The van der Waals surface area contributed by atoms with Crippen molar-refractivity contribution in [3.05, 3.63) is 151 Å². The van der Waals surface area contributed by atoms with E-state index in [1.807, 2.05) is 30.7 Å². The van der Waals surface area contributed by atoms with Gasteiger partial charge in [-0.3, -0.25) is 9.97 Å². The first-order valence-corrected chi connectivity index (χ1v) is 15.7. The molecule has 0 bridgehead atoms. The Morgan fingerprint density at radius 1 is 0.667 bits per heavy atom. The van der Waals surface area contributed by atoms with Crippen LogP contribution >= 0.6 is 9.24 Å².